The third-order valence-electron chi connectivity index (χ3n) is 5.84. The van der Waals surface area contributed by atoms with Gasteiger partial charge in [0.1, 0.15) is 13.2 Å². The number of alkyl halides is 3. The van der Waals surface area contributed by atoms with E-state index in [0.717, 1.165) is 17.8 Å². The van der Waals surface area contributed by atoms with Crippen LogP contribution in [0.25, 0.3) is 6.08 Å². The molecule has 192 valence electrons. The number of carbonyl (C=O) groups excluding carboxylic acids is 2. The van der Waals surface area contributed by atoms with E-state index in [1.165, 1.54) is 29.2 Å². The van der Waals surface area contributed by atoms with Gasteiger partial charge in [-0.1, -0.05) is 23.9 Å². The number of likely N-dealkylation sites (tertiary alicyclic amines) is 1. The molecule has 10 heteroatoms. The minimum absolute atomic E-state index is 0.00845. The number of ether oxygens (including phenoxy) is 3. The number of rotatable bonds is 6. The number of fused-ring (bicyclic) bond motifs is 1. The van der Waals surface area contributed by atoms with Crippen molar-refractivity contribution in [3.05, 3.63) is 53.6 Å². The fourth-order valence-corrected chi connectivity index (χ4v) is 5.22. The van der Waals surface area contributed by atoms with Crippen molar-refractivity contribution >= 4 is 29.7 Å². The van der Waals surface area contributed by atoms with Gasteiger partial charge in [0.2, 0.25) is 5.91 Å². The highest BCUT2D eigenvalue weighted by Crippen LogP contribution is 2.43. The quantitative estimate of drug-likeness (QED) is 0.373. The molecule has 0 radical (unpaired) electrons. The van der Waals surface area contributed by atoms with Gasteiger partial charge in [-0.3, -0.25) is 9.59 Å². The first kappa shape index (κ1) is 25.9. The maximum absolute atomic E-state index is 14.1. The first-order valence-electron chi connectivity index (χ1n) is 11.7. The third kappa shape index (κ3) is 6.16. The molecule has 0 bridgehead atoms. The number of benzene rings is 2. The Morgan fingerprint density at radius 3 is 2.69 bits per heavy atom. The first-order chi connectivity index (χ1) is 17.3. The zero-order valence-electron chi connectivity index (χ0n) is 19.7. The zero-order chi connectivity index (χ0) is 25.7. The molecule has 1 amide bonds. The lowest BCUT2D eigenvalue weighted by Gasteiger charge is -2.30. The maximum atomic E-state index is 14.1. The van der Waals surface area contributed by atoms with Gasteiger partial charge in [0, 0.05) is 29.0 Å². The van der Waals surface area contributed by atoms with E-state index >= 15 is 0 Å². The Labute approximate surface area is 211 Å². The molecular weight excluding hydrogens is 495 g/mol. The molecule has 0 N–H and O–H groups in total. The van der Waals surface area contributed by atoms with E-state index in [1.807, 2.05) is 0 Å². The topological polar surface area (TPSA) is 65.1 Å². The summed E-state index contributed by atoms with van der Waals surface area (Å²) < 4.78 is 58.5. The van der Waals surface area contributed by atoms with E-state index in [2.05, 4.69) is 0 Å². The SMILES string of the molecule is CCOC(=O)C1CCCN(C(=O)C=Cc2cccc(Sc3ccc4c(c3)OCCO4)c2C(F)(F)F)C1. The number of carbonyl (C=O) groups is 2. The van der Waals surface area contributed by atoms with Gasteiger partial charge in [-0.15, -0.1) is 0 Å². The van der Waals surface area contributed by atoms with Crippen LogP contribution in [0.5, 0.6) is 11.5 Å². The number of hydrogen-bond acceptors (Lipinski definition) is 6. The first-order valence-corrected chi connectivity index (χ1v) is 12.5. The lowest BCUT2D eigenvalue weighted by atomic mass is 9.98. The molecule has 2 aromatic carbocycles. The van der Waals surface area contributed by atoms with Crippen molar-refractivity contribution in [2.24, 2.45) is 5.92 Å². The summed E-state index contributed by atoms with van der Waals surface area (Å²) in [5.74, 6) is -0.180. The molecule has 2 aliphatic rings. The fraction of sp³-hybridized carbons (Fsp3) is 0.385. The molecule has 0 aromatic heterocycles. The predicted molar refractivity (Wildman–Crippen MR) is 128 cm³/mol. The smallest absolute Gasteiger partial charge is 0.418 e. The Kier molecular flexibility index (Phi) is 8.13. The molecule has 0 aliphatic carbocycles. The lowest BCUT2D eigenvalue weighted by molar-refractivity contribution is -0.150. The summed E-state index contributed by atoms with van der Waals surface area (Å²) in [5.41, 5.74) is -0.936. The average molecular weight is 522 g/mol. The highest BCUT2D eigenvalue weighted by atomic mass is 32.2. The maximum Gasteiger partial charge on any atom is 0.418 e. The lowest BCUT2D eigenvalue weighted by Crippen LogP contribution is -2.42. The molecule has 0 spiro atoms. The molecule has 0 saturated carbocycles. The van der Waals surface area contributed by atoms with Crippen LogP contribution in [-0.4, -0.2) is 49.7 Å². The Bertz CT molecular complexity index is 1150. The molecule has 1 atom stereocenters. The Morgan fingerprint density at radius 2 is 1.94 bits per heavy atom. The van der Waals surface area contributed by atoms with Crippen molar-refractivity contribution in [3.8, 4) is 11.5 Å². The number of hydrogen-bond donors (Lipinski definition) is 0. The van der Waals surface area contributed by atoms with Gasteiger partial charge >= 0.3 is 12.1 Å². The molecule has 4 rings (SSSR count). The second kappa shape index (κ2) is 11.3. The third-order valence-corrected chi connectivity index (χ3v) is 6.89. The van der Waals surface area contributed by atoms with Gasteiger partial charge < -0.3 is 19.1 Å². The van der Waals surface area contributed by atoms with E-state index in [1.54, 1.807) is 25.1 Å². The minimum Gasteiger partial charge on any atom is -0.486 e. The van der Waals surface area contributed by atoms with E-state index in [-0.39, 0.29) is 29.6 Å². The van der Waals surface area contributed by atoms with Gasteiger partial charge in [-0.2, -0.15) is 13.2 Å². The van der Waals surface area contributed by atoms with Crippen LogP contribution in [0.2, 0.25) is 0 Å². The van der Waals surface area contributed by atoms with E-state index in [0.29, 0.717) is 49.0 Å². The van der Waals surface area contributed by atoms with Crippen LogP contribution in [-0.2, 0) is 20.5 Å². The van der Waals surface area contributed by atoms with Crippen molar-refractivity contribution in [3.63, 3.8) is 0 Å². The molecule has 2 heterocycles. The molecule has 6 nitrogen and oxygen atoms in total. The van der Waals surface area contributed by atoms with Crippen LogP contribution in [0.4, 0.5) is 13.2 Å². The van der Waals surface area contributed by atoms with Crippen molar-refractivity contribution in [1.29, 1.82) is 0 Å². The monoisotopic (exact) mass is 521 g/mol. The summed E-state index contributed by atoms with van der Waals surface area (Å²) in [6.07, 6.45) is -1.08. The number of amides is 1. The number of halogens is 3. The molecule has 1 fully saturated rings. The average Bonchev–Trinajstić information content (AvgIpc) is 2.86. The molecule has 36 heavy (non-hydrogen) atoms. The van der Waals surface area contributed by atoms with Crippen LogP contribution < -0.4 is 9.47 Å². The van der Waals surface area contributed by atoms with Gasteiger partial charge in [-0.05, 0) is 55.7 Å². The summed E-state index contributed by atoms with van der Waals surface area (Å²) in [4.78, 5) is 26.8. The highest BCUT2D eigenvalue weighted by Gasteiger charge is 2.36. The predicted octanol–water partition coefficient (Wildman–Crippen LogP) is 5.44. The van der Waals surface area contributed by atoms with Crippen LogP contribution in [0.3, 0.4) is 0 Å². The van der Waals surface area contributed by atoms with Gasteiger partial charge in [0.05, 0.1) is 18.1 Å². The fourth-order valence-electron chi connectivity index (χ4n) is 4.19. The van der Waals surface area contributed by atoms with E-state index in [4.69, 9.17) is 14.2 Å². The van der Waals surface area contributed by atoms with Gasteiger partial charge in [-0.25, -0.2) is 0 Å². The standard InChI is InChI=1S/C26H26F3NO5S/c1-2-33-25(32)18-6-4-12-30(16-18)23(31)11-8-17-5-3-7-22(24(17)26(27,28)29)36-19-9-10-20-21(15-19)35-14-13-34-20/h3,5,7-11,15,18H,2,4,6,12-14,16H2,1H3. The van der Waals surface area contributed by atoms with Crippen LogP contribution in [0.1, 0.15) is 30.9 Å². The van der Waals surface area contributed by atoms with Gasteiger partial charge in [0.15, 0.2) is 11.5 Å². The normalized spacial score (nSPS) is 17.8. The van der Waals surface area contributed by atoms with Crippen LogP contribution in [0, 0.1) is 5.92 Å². The Morgan fingerprint density at radius 1 is 1.17 bits per heavy atom. The summed E-state index contributed by atoms with van der Waals surface area (Å²) in [7, 11) is 0. The molecule has 1 saturated heterocycles. The second-order valence-corrected chi connectivity index (χ2v) is 9.45. The minimum atomic E-state index is -4.64. The second-order valence-electron chi connectivity index (χ2n) is 8.33. The summed E-state index contributed by atoms with van der Waals surface area (Å²) >= 11 is 0.962. The Hall–Kier alpha value is -3.14. The largest absolute Gasteiger partial charge is 0.486 e. The van der Waals surface area contributed by atoms with Crippen molar-refractivity contribution < 1.29 is 37.0 Å². The molecule has 1 unspecified atom stereocenters. The van der Waals surface area contributed by atoms with Crippen molar-refractivity contribution in [2.45, 2.75) is 35.7 Å². The molecule has 2 aliphatic heterocycles. The summed E-state index contributed by atoms with van der Waals surface area (Å²) in [6.45, 7) is 3.39. The number of piperidine rings is 1. The molecule has 2 aromatic rings. The van der Waals surface area contributed by atoms with Crippen molar-refractivity contribution in [1.82, 2.24) is 4.90 Å². The number of nitrogens with zero attached hydrogens (tertiary/aromatic N) is 1. The Balaban J connectivity index is 1.54. The van der Waals surface area contributed by atoms with E-state index < -0.39 is 23.6 Å². The zero-order valence-corrected chi connectivity index (χ0v) is 20.5. The van der Waals surface area contributed by atoms with E-state index in [9.17, 15) is 22.8 Å². The summed E-state index contributed by atoms with van der Waals surface area (Å²) in [6, 6.07) is 9.27. The van der Waals surface area contributed by atoms with Crippen LogP contribution >= 0.6 is 11.8 Å². The number of esters is 1. The van der Waals surface area contributed by atoms with Crippen LogP contribution in [0.15, 0.2) is 52.3 Å². The van der Waals surface area contributed by atoms with Crippen molar-refractivity contribution in [2.75, 3.05) is 32.9 Å². The summed E-state index contributed by atoms with van der Waals surface area (Å²) in [5, 5.41) is 0. The van der Waals surface area contributed by atoms with Gasteiger partial charge in [0.25, 0.3) is 0 Å². The molecular formula is C26H26F3NO5S. The highest BCUT2D eigenvalue weighted by molar-refractivity contribution is 7.99.